The van der Waals surface area contributed by atoms with E-state index in [1.807, 2.05) is 59.2 Å². The van der Waals surface area contributed by atoms with E-state index in [1.165, 1.54) is 0 Å². The first-order chi connectivity index (χ1) is 11.4. The lowest BCUT2D eigenvalue weighted by Crippen LogP contribution is -2.23. The molecule has 0 aliphatic rings. The van der Waals surface area contributed by atoms with Crippen molar-refractivity contribution in [2.45, 2.75) is 32.4 Å². The fraction of sp³-hybridized carbons (Fsp3) is 0.250. The van der Waals surface area contributed by atoms with Crippen LogP contribution >= 0.6 is 0 Å². The fourth-order valence-corrected chi connectivity index (χ4v) is 3.34. The average Bonchev–Trinajstić information content (AvgIpc) is 2.82. The number of rotatable bonds is 5. The lowest BCUT2D eigenvalue weighted by Gasteiger charge is -2.23. The van der Waals surface area contributed by atoms with Crippen LogP contribution in [0.1, 0.15) is 30.7 Å². The molecule has 1 heterocycles. The molecular weight excluding hydrogens is 302 g/mol. The van der Waals surface area contributed by atoms with Gasteiger partial charge in [0.05, 0.1) is 17.7 Å². The topological polar surface area (TPSA) is 62.5 Å². The smallest absolute Gasteiger partial charge is 0.307 e. The molecule has 0 aliphatic heterocycles. The number of fused-ring (bicyclic) bond motifs is 1. The van der Waals surface area contributed by atoms with E-state index in [-0.39, 0.29) is 6.42 Å². The van der Waals surface area contributed by atoms with Crippen LogP contribution in [0.25, 0.3) is 10.9 Å². The summed E-state index contributed by atoms with van der Waals surface area (Å²) >= 11 is 0. The molecule has 0 unspecified atom stereocenters. The van der Waals surface area contributed by atoms with Crippen LogP contribution in [-0.2, 0) is 23.4 Å². The zero-order valence-electron chi connectivity index (χ0n) is 13.9. The number of aliphatic carboxylic acids is 1. The van der Waals surface area contributed by atoms with Gasteiger partial charge in [-0.1, -0.05) is 48.5 Å². The maximum absolute atomic E-state index is 11.4. The Morgan fingerprint density at radius 1 is 1.04 bits per heavy atom. The molecule has 0 amide bonds. The number of hydrogen-bond acceptors (Lipinski definition) is 2. The maximum Gasteiger partial charge on any atom is 0.307 e. The van der Waals surface area contributed by atoms with Gasteiger partial charge in [-0.25, -0.2) is 0 Å². The Morgan fingerprint density at radius 2 is 1.67 bits per heavy atom. The van der Waals surface area contributed by atoms with Gasteiger partial charge in [-0.2, -0.15) is 0 Å². The molecule has 0 saturated heterocycles. The van der Waals surface area contributed by atoms with E-state index in [1.54, 1.807) is 13.8 Å². The van der Waals surface area contributed by atoms with E-state index in [0.717, 1.165) is 16.5 Å². The van der Waals surface area contributed by atoms with Crippen LogP contribution in [0.5, 0.6) is 0 Å². The standard InChI is InChI=1S/C20H21NO3/c1-20(2,24)19-16(12-18(22)23)15-10-6-7-11-17(15)21(19)13-14-8-4-3-5-9-14/h3-11,24H,12-13H2,1-2H3,(H,22,23). The highest BCUT2D eigenvalue weighted by Crippen LogP contribution is 2.34. The van der Waals surface area contributed by atoms with Gasteiger partial charge in [0.2, 0.25) is 0 Å². The molecule has 3 rings (SSSR count). The van der Waals surface area contributed by atoms with E-state index >= 15 is 0 Å². The van der Waals surface area contributed by atoms with Crippen LogP contribution in [0.3, 0.4) is 0 Å². The van der Waals surface area contributed by atoms with Crippen LogP contribution in [0, 0.1) is 0 Å². The number of para-hydroxylation sites is 1. The van der Waals surface area contributed by atoms with Gasteiger partial charge in [0.15, 0.2) is 0 Å². The average molecular weight is 323 g/mol. The van der Waals surface area contributed by atoms with E-state index in [0.29, 0.717) is 17.8 Å². The van der Waals surface area contributed by atoms with E-state index in [9.17, 15) is 15.0 Å². The molecule has 4 nitrogen and oxygen atoms in total. The van der Waals surface area contributed by atoms with Crippen molar-refractivity contribution in [2.24, 2.45) is 0 Å². The largest absolute Gasteiger partial charge is 0.481 e. The van der Waals surface area contributed by atoms with Crippen molar-refractivity contribution in [3.63, 3.8) is 0 Å². The van der Waals surface area contributed by atoms with Gasteiger partial charge in [-0.05, 0) is 31.0 Å². The Balaban J connectivity index is 2.28. The maximum atomic E-state index is 11.4. The second-order valence-electron chi connectivity index (χ2n) is 6.55. The highest BCUT2D eigenvalue weighted by Gasteiger charge is 2.29. The summed E-state index contributed by atoms with van der Waals surface area (Å²) in [4.78, 5) is 11.4. The molecule has 0 aliphatic carbocycles. The van der Waals surface area contributed by atoms with Gasteiger partial charge < -0.3 is 14.8 Å². The molecule has 24 heavy (non-hydrogen) atoms. The number of carbonyl (C=O) groups is 1. The first-order valence-corrected chi connectivity index (χ1v) is 7.96. The number of benzene rings is 2. The second kappa shape index (κ2) is 6.13. The molecule has 0 saturated carbocycles. The number of carboxylic acid groups (broad SMARTS) is 1. The summed E-state index contributed by atoms with van der Waals surface area (Å²) < 4.78 is 2.03. The lowest BCUT2D eigenvalue weighted by molar-refractivity contribution is -0.136. The van der Waals surface area contributed by atoms with Gasteiger partial charge in [0.25, 0.3) is 0 Å². The first kappa shape index (κ1) is 16.3. The Labute approximate surface area is 141 Å². The van der Waals surface area contributed by atoms with Crippen molar-refractivity contribution in [1.29, 1.82) is 0 Å². The minimum atomic E-state index is -1.14. The van der Waals surface area contributed by atoms with E-state index < -0.39 is 11.6 Å². The van der Waals surface area contributed by atoms with Crippen LogP contribution in [0.2, 0.25) is 0 Å². The molecule has 2 N–H and O–H groups in total. The number of aromatic nitrogens is 1. The molecule has 2 aromatic carbocycles. The van der Waals surface area contributed by atoms with Gasteiger partial charge in [-0.3, -0.25) is 4.79 Å². The molecule has 0 radical (unpaired) electrons. The molecule has 0 fully saturated rings. The summed E-state index contributed by atoms with van der Waals surface area (Å²) in [6.45, 7) is 3.99. The van der Waals surface area contributed by atoms with Crippen molar-refractivity contribution >= 4 is 16.9 Å². The second-order valence-corrected chi connectivity index (χ2v) is 6.55. The molecule has 3 aromatic rings. The predicted octanol–water partition coefficient (Wildman–Crippen LogP) is 3.54. The third-order valence-corrected chi connectivity index (χ3v) is 4.17. The monoisotopic (exact) mass is 323 g/mol. The summed E-state index contributed by atoms with van der Waals surface area (Å²) in [5, 5.41) is 20.9. The SMILES string of the molecule is CC(C)(O)c1c(CC(=O)O)c2ccccc2n1Cc1ccccc1. The molecule has 0 bridgehead atoms. The Bertz CT molecular complexity index is 873. The summed E-state index contributed by atoms with van der Waals surface area (Å²) in [6, 6.07) is 17.7. The summed E-state index contributed by atoms with van der Waals surface area (Å²) in [5.41, 5.74) is 2.25. The Morgan fingerprint density at radius 3 is 2.29 bits per heavy atom. The molecule has 124 valence electrons. The third kappa shape index (κ3) is 3.05. The van der Waals surface area contributed by atoms with Gasteiger partial charge >= 0.3 is 5.97 Å². The van der Waals surface area contributed by atoms with Crippen molar-refractivity contribution in [1.82, 2.24) is 4.57 Å². The molecule has 4 heteroatoms. The molecular formula is C20H21NO3. The molecule has 1 aromatic heterocycles. The number of aliphatic hydroxyl groups is 1. The van der Waals surface area contributed by atoms with Crippen molar-refractivity contribution in [2.75, 3.05) is 0 Å². The summed E-state index contributed by atoms with van der Waals surface area (Å²) in [6.07, 6.45) is -0.109. The number of carboxylic acids is 1. The Kier molecular flexibility index (Phi) is 4.16. The number of hydrogen-bond donors (Lipinski definition) is 2. The first-order valence-electron chi connectivity index (χ1n) is 7.96. The lowest BCUT2D eigenvalue weighted by atomic mass is 9.97. The fourth-order valence-electron chi connectivity index (χ4n) is 3.34. The van der Waals surface area contributed by atoms with E-state index in [2.05, 4.69) is 0 Å². The minimum absolute atomic E-state index is 0.109. The van der Waals surface area contributed by atoms with Crippen molar-refractivity contribution < 1.29 is 15.0 Å². The van der Waals surface area contributed by atoms with Crippen molar-refractivity contribution in [3.8, 4) is 0 Å². The van der Waals surface area contributed by atoms with Crippen LogP contribution in [-0.4, -0.2) is 20.7 Å². The van der Waals surface area contributed by atoms with Gasteiger partial charge in [-0.15, -0.1) is 0 Å². The number of nitrogens with zero attached hydrogens (tertiary/aromatic N) is 1. The van der Waals surface area contributed by atoms with Crippen LogP contribution in [0.4, 0.5) is 0 Å². The van der Waals surface area contributed by atoms with Crippen molar-refractivity contribution in [3.05, 3.63) is 71.4 Å². The summed E-state index contributed by atoms with van der Waals surface area (Å²) in [7, 11) is 0. The molecule has 0 spiro atoms. The Hall–Kier alpha value is -2.59. The zero-order chi connectivity index (χ0) is 17.3. The van der Waals surface area contributed by atoms with Crippen LogP contribution < -0.4 is 0 Å². The zero-order valence-corrected chi connectivity index (χ0v) is 13.9. The van der Waals surface area contributed by atoms with Crippen LogP contribution in [0.15, 0.2) is 54.6 Å². The van der Waals surface area contributed by atoms with E-state index in [4.69, 9.17) is 0 Å². The predicted molar refractivity (Wildman–Crippen MR) is 94.1 cm³/mol. The quantitative estimate of drug-likeness (QED) is 0.755. The summed E-state index contributed by atoms with van der Waals surface area (Å²) in [5.74, 6) is -0.900. The molecule has 0 atom stereocenters. The highest BCUT2D eigenvalue weighted by atomic mass is 16.4. The normalized spacial score (nSPS) is 11.8. The van der Waals surface area contributed by atoms with Gasteiger partial charge in [0, 0.05) is 17.4 Å². The minimum Gasteiger partial charge on any atom is -0.481 e. The third-order valence-electron chi connectivity index (χ3n) is 4.17. The van der Waals surface area contributed by atoms with Gasteiger partial charge in [0.1, 0.15) is 0 Å². The highest BCUT2D eigenvalue weighted by molar-refractivity contribution is 5.89.